The van der Waals surface area contributed by atoms with Crippen molar-refractivity contribution in [2.45, 2.75) is 63.6 Å². The van der Waals surface area contributed by atoms with Crippen LogP contribution in [0.25, 0.3) is 0 Å². The van der Waals surface area contributed by atoms with E-state index in [2.05, 4.69) is 37.8 Å². The molecule has 2 amide bonds. The van der Waals surface area contributed by atoms with Crippen LogP contribution in [0.5, 0.6) is 0 Å². The molecule has 2 aliphatic carbocycles. The molecular formula is C31H40FN7O2. The number of hydrogen-bond donors (Lipinski definition) is 3. The molecule has 2 fully saturated rings. The van der Waals surface area contributed by atoms with Crippen LogP contribution in [0.2, 0.25) is 0 Å². The van der Waals surface area contributed by atoms with Gasteiger partial charge in [0.25, 0.3) is 0 Å². The van der Waals surface area contributed by atoms with Gasteiger partial charge in [-0.1, -0.05) is 30.4 Å². The van der Waals surface area contributed by atoms with Gasteiger partial charge in [0.2, 0.25) is 17.8 Å². The van der Waals surface area contributed by atoms with Crippen molar-refractivity contribution in [3.8, 4) is 11.8 Å². The Bertz CT molecular complexity index is 1320. The molecule has 41 heavy (non-hydrogen) atoms. The molecular weight excluding hydrogens is 521 g/mol. The van der Waals surface area contributed by atoms with Crippen molar-refractivity contribution < 1.29 is 14.0 Å². The standard InChI is InChI=1S/C31H40FN7O2/c1-21(39(4)28(40)12-7-17-38(2)3)30(41)35-26-10-5-8-22(18-26)13-14-23-20-33-31(37-29(23)34-25-15-16-25)36-27-11-6-9-24(32)19-27/h6-7,9,11-12,19-22,25-26H,5,8,10,15-18H2,1-4H3,(H,35,41)(H2,33,34,36,37)/b12-7+/t21-,22-,26-/m0/s1. The van der Waals surface area contributed by atoms with Gasteiger partial charge in [0.05, 0.1) is 11.8 Å². The van der Waals surface area contributed by atoms with E-state index in [1.807, 2.05) is 19.0 Å². The highest BCUT2D eigenvalue weighted by Crippen LogP contribution is 2.27. The lowest BCUT2D eigenvalue weighted by molar-refractivity contribution is -0.135. The van der Waals surface area contributed by atoms with E-state index < -0.39 is 6.04 Å². The summed E-state index contributed by atoms with van der Waals surface area (Å²) in [5, 5.41) is 9.62. The third-order valence-corrected chi connectivity index (χ3v) is 7.26. The first-order valence-electron chi connectivity index (χ1n) is 14.2. The van der Waals surface area contributed by atoms with Gasteiger partial charge < -0.3 is 25.8 Å². The molecule has 0 spiro atoms. The van der Waals surface area contributed by atoms with E-state index in [0.717, 1.165) is 38.5 Å². The fraction of sp³-hybridized carbons (Fsp3) is 0.484. The molecule has 2 saturated carbocycles. The minimum Gasteiger partial charge on any atom is -0.366 e. The molecule has 1 aromatic heterocycles. The van der Waals surface area contributed by atoms with E-state index in [9.17, 15) is 14.0 Å². The Morgan fingerprint density at radius 1 is 1.17 bits per heavy atom. The van der Waals surface area contributed by atoms with Gasteiger partial charge >= 0.3 is 0 Å². The second-order valence-electron chi connectivity index (χ2n) is 11.1. The Kier molecular flexibility index (Phi) is 10.3. The second kappa shape index (κ2) is 14.1. The van der Waals surface area contributed by atoms with Gasteiger partial charge in [0.1, 0.15) is 17.7 Å². The first-order chi connectivity index (χ1) is 19.7. The monoisotopic (exact) mass is 561 g/mol. The number of likely N-dealkylation sites (N-methyl/N-ethyl adjacent to an activating group) is 2. The van der Waals surface area contributed by atoms with Gasteiger partial charge in [-0.2, -0.15) is 4.98 Å². The van der Waals surface area contributed by atoms with Crippen LogP contribution in [-0.4, -0.2) is 77.4 Å². The van der Waals surface area contributed by atoms with Crippen LogP contribution >= 0.6 is 0 Å². The number of aromatic nitrogens is 2. The number of rotatable bonds is 10. The van der Waals surface area contributed by atoms with E-state index in [0.29, 0.717) is 35.6 Å². The highest BCUT2D eigenvalue weighted by molar-refractivity contribution is 5.92. The largest absolute Gasteiger partial charge is 0.366 e. The first kappa shape index (κ1) is 30.0. The number of amides is 2. The van der Waals surface area contributed by atoms with Crippen molar-refractivity contribution in [2.75, 3.05) is 38.3 Å². The van der Waals surface area contributed by atoms with Crippen molar-refractivity contribution in [1.82, 2.24) is 25.1 Å². The van der Waals surface area contributed by atoms with Crippen molar-refractivity contribution in [1.29, 1.82) is 0 Å². The maximum atomic E-state index is 13.6. The number of benzene rings is 1. The van der Waals surface area contributed by atoms with Crippen LogP contribution in [0.4, 0.5) is 21.8 Å². The van der Waals surface area contributed by atoms with Crippen LogP contribution in [0, 0.1) is 23.6 Å². The molecule has 4 rings (SSSR count). The first-order valence-corrected chi connectivity index (χ1v) is 14.2. The lowest BCUT2D eigenvalue weighted by Gasteiger charge is -2.30. The van der Waals surface area contributed by atoms with Crippen molar-refractivity contribution in [3.05, 3.63) is 54.0 Å². The van der Waals surface area contributed by atoms with Crippen LogP contribution in [0.1, 0.15) is 51.0 Å². The predicted octanol–water partition coefficient (Wildman–Crippen LogP) is 3.92. The van der Waals surface area contributed by atoms with Crippen LogP contribution < -0.4 is 16.0 Å². The van der Waals surface area contributed by atoms with Gasteiger partial charge in [-0.05, 0) is 71.3 Å². The maximum absolute atomic E-state index is 13.6. The number of carbonyl (C=O) groups excluding carboxylic acids is 2. The van der Waals surface area contributed by atoms with Crippen molar-refractivity contribution in [2.24, 2.45) is 5.92 Å². The van der Waals surface area contributed by atoms with E-state index >= 15 is 0 Å². The molecule has 218 valence electrons. The average Bonchev–Trinajstić information content (AvgIpc) is 3.76. The zero-order valence-electron chi connectivity index (χ0n) is 24.3. The summed E-state index contributed by atoms with van der Waals surface area (Å²) < 4.78 is 13.6. The third kappa shape index (κ3) is 9.29. The Balaban J connectivity index is 1.36. The molecule has 0 bridgehead atoms. The minimum atomic E-state index is -0.578. The van der Waals surface area contributed by atoms with E-state index in [1.165, 1.54) is 23.1 Å². The van der Waals surface area contributed by atoms with Gasteiger partial charge in [-0.15, -0.1) is 0 Å². The summed E-state index contributed by atoms with van der Waals surface area (Å²) in [7, 11) is 5.51. The minimum absolute atomic E-state index is 0.00365. The number of nitrogens with one attached hydrogen (secondary N) is 3. The Labute approximate surface area is 242 Å². The van der Waals surface area contributed by atoms with Gasteiger partial charge in [0, 0.05) is 43.4 Å². The Morgan fingerprint density at radius 3 is 2.71 bits per heavy atom. The van der Waals surface area contributed by atoms with E-state index in [1.54, 1.807) is 38.4 Å². The molecule has 3 N–H and O–H groups in total. The molecule has 1 heterocycles. The van der Waals surface area contributed by atoms with Gasteiger partial charge in [-0.25, -0.2) is 9.37 Å². The molecule has 0 aliphatic heterocycles. The number of hydrogen-bond acceptors (Lipinski definition) is 7. The highest BCUT2D eigenvalue weighted by Gasteiger charge is 2.27. The summed E-state index contributed by atoms with van der Waals surface area (Å²) in [4.78, 5) is 37.8. The van der Waals surface area contributed by atoms with Gasteiger partial charge in [0.15, 0.2) is 0 Å². The molecule has 0 radical (unpaired) electrons. The lowest BCUT2D eigenvalue weighted by atomic mass is 9.86. The summed E-state index contributed by atoms with van der Waals surface area (Å²) in [5.74, 6) is 7.12. The summed E-state index contributed by atoms with van der Waals surface area (Å²) in [5.41, 5.74) is 1.28. The highest BCUT2D eigenvalue weighted by atomic mass is 19.1. The molecule has 1 aromatic carbocycles. The zero-order chi connectivity index (χ0) is 29.4. The Hall–Kier alpha value is -3.97. The normalized spacial score (nSPS) is 19.3. The average molecular weight is 562 g/mol. The maximum Gasteiger partial charge on any atom is 0.246 e. The predicted molar refractivity (Wildman–Crippen MR) is 159 cm³/mol. The molecule has 0 unspecified atom stereocenters. The zero-order valence-corrected chi connectivity index (χ0v) is 24.3. The van der Waals surface area contributed by atoms with Crippen LogP contribution in [-0.2, 0) is 9.59 Å². The van der Waals surface area contributed by atoms with Crippen LogP contribution in [0.15, 0.2) is 42.6 Å². The summed E-state index contributed by atoms with van der Waals surface area (Å²) in [6.45, 7) is 2.40. The number of nitrogens with zero attached hydrogens (tertiary/aromatic N) is 4. The van der Waals surface area contributed by atoms with E-state index in [-0.39, 0.29) is 29.6 Å². The number of anilines is 3. The molecule has 2 aromatic rings. The Morgan fingerprint density at radius 2 is 1.98 bits per heavy atom. The fourth-order valence-electron chi connectivity index (χ4n) is 4.56. The molecule has 3 atom stereocenters. The van der Waals surface area contributed by atoms with Crippen molar-refractivity contribution in [3.63, 3.8) is 0 Å². The summed E-state index contributed by atoms with van der Waals surface area (Å²) in [6.07, 6.45) is 10.7. The molecule has 2 aliphatic rings. The van der Waals surface area contributed by atoms with E-state index in [4.69, 9.17) is 0 Å². The summed E-state index contributed by atoms with van der Waals surface area (Å²) >= 11 is 0. The SMILES string of the molecule is C[C@@H](C(=O)N[C@H]1CCC[C@@H](C#Cc2cnc(Nc3cccc(F)c3)nc2NC2CC2)C1)N(C)C(=O)/C=C/CN(C)C. The number of halogens is 1. The second-order valence-corrected chi connectivity index (χ2v) is 11.1. The molecule has 0 saturated heterocycles. The fourth-order valence-corrected chi connectivity index (χ4v) is 4.56. The van der Waals surface area contributed by atoms with Gasteiger partial charge in [-0.3, -0.25) is 9.59 Å². The molecule has 9 nitrogen and oxygen atoms in total. The van der Waals surface area contributed by atoms with Crippen molar-refractivity contribution >= 4 is 29.3 Å². The molecule has 10 heteroatoms. The topological polar surface area (TPSA) is 102 Å². The summed E-state index contributed by atoms with van der Waals surface area (Å²) in [6, 6.07) is 5.96. The smallest absolute Gasteiger partial charge is 0.246 e. The van der Waals surface area contributed by atoms with Crippen LogP contribution in [0.3, 0.4) is 0 Å². The third-order valence-electron chi connectivity index (χ3n) is 7.26. The quantitative estimate of drug-likeness (QED) is 0.299. The number of carbonyl (C=O) groups is 2. The lowest BCUT2D eigenvalue weighted by Crippen LogP contribution is -2.49.